The van der Waals surface area contributed by atoms with Crippen LogP contribution in [0.4, 0.5) is 0 Å². The van der Waals surface area contributed by atoms with Crippen LogP contribution in [0.2, 0.25) is 0 Å². The fourth-order valence-electron chi connectivity index (χ4n) is 2.47. The molecule has 0 radical (unpaired) electrons. The molecular weight excluding hydrogens is 374 g/mol. The maximum absolute atomic E-state index is 12.7. The first-order chi connectivity index (χ1) is 12.6. The number of ether oxygens (including phenoxy) is 2. The van der Waals surface area contributed by atoms with Gasteiger partial charge in [0.1, 0.15) is 6.61 Å². The van der Waals surface area contributed by atoms with Crippen LogP contribution in [-0.2, 0) is 30.9 Å². The number of thiophene rings is 1. The summed E-state index contributed by atoms with van der Waals surface area (Å²) in [6, 6.07) is 8.37. The third kappa shape index (κ3) is 4.79. The standard InChI is InChI=1S/C18H19NO5S2/c20-18(5-4-15-6-11-25-14-15)24-13-16-2-1-3-17(12-16)26(21,22)19-7-9-23-10-8-19/h1-6,11-12,14H,7-10,13H2/b5-4+. The number of nitrogens with zero attached hydrogens (tertiary/aromatic N) is 1. The average Bonchev–Trinajstić information content (AvgIpc) is 3.19. The largest absolute Gasteiger partial charge is 0.458 e. The third-order valence-electron chi connectivity index (χ3n) is 3.84. The van der Waals surface area contributed by atoms with E-state index in [1.807, 2.05) is 16.8 Å². The maximum atomic E-state index is 12.7. The fourth-order valence-corrected chi connectivity index (χ4v) is 4.58. The first-order valence-electron chi connectivity index (χ1n) is 8.09. The van der Waals surface area contributed by atoms with Crippen molar-refractivity contribution in [1.82, 2.24) is 4.31 Å². The van der Waals surface area contributed by atoms with Gasteiger partial charge in [0.05, 0.1) is 18.1 Å². The number of hydrogen-bond donors (Lipinski definition) is 0. The quantitative estimate of drug-likeness (QED) is 0.557. The van der Waals surface area contributed by atoms with Crippen molar-refractivity contribution >= 4 is 33.4 Å². The molecule has 26 heavy (non-hydrogen) atoms. The van der Waals surface area contributed by atoms with Crippen molar-refractivity contribution in [3.63, 3.8) is 0 Å². The second-order valence-corrected chi connectivity index (χ2v) is 8.38. The van der Waals surface area contributed by atoms with E-state index in [9.17, 15) is 13.2 Å². The van der Waals surface area contributed by atoms with Gasteiger partial charge in [-0.2, -0.15) is 15.6 Å². The Kier molecular flexibility index (Phi) is 6.20. The first-order valence-corrected chi connectivity index (χ1v) is 10.5. The van der Waals surface area contributed by atoms with E-state index in [0.717, 1.165) is 5.56 Å². The van der Waals surface area contributed by atoms with E-state index < -0.39 is 16.0 Å². The van der Waals surface area contributed by atoms with E-state index >= 15 is 0 Å². The van der Waals surface area contributed by atoms with E-state index in [0.29, 0.717) is 31.9 Å². The second-order valence-electron chi connectivity index (χ2n) is 5.66. The van der Waals surface area contributed by atoms with Gasteiger partial charge in [-0.15, -0.1) is 0 Å². The number of hydrogen-bond acceptors (Lipinski definition) is 6. The van der Waals surface area contributed by atoms with Crippen molar-refractivity contribution in [3.8, 4) is 0 Å². The minimum Gasteiger partial charge on any atom is -0.458 e. The van der Waals surface area contributed by atoms with Gasteiger partial charge in [-0.25, -0.2) is 13.2 Å². The molecule has 0 atom stereocenters. The minimum absolute atomic E-state index is 0.0132. The molecule has 0 amide bonds. The van der Waals surface area contributed by atoms with E-state index in [1.54, 1.807) is 41.7 Å². The van der Waals surface area contributed by atoms with Gasteiger partial charge in [0, 0.05) is 19.2 Å². The molecule has 6 nitrogen and oxygen atoms in total. The molecular formula is C18H19NO5S2. The molecule has 0 unspecified atom stereocenters. The smallest absolute Gasteiger partial charge is 0.331 e. The van der Waals surface area contributed by atoms with Crippen LogP contribution < -0.4 is 0 Å². The minimum atomic E-state index is -3.56. The van der Waals surface area contributed by atoms with E-state index in [-0.39, 0.29) is 11.5 Å². The molecule has 0 spiro atoms. The molecule has 1 fully saturated rings. The maximum Gasteiger partial charge on any atom is 0.331 e. The van der Waals surface area contributed by atoms with Crippen molar-refractivity contribution < 1.29 is 22.7 Å². The van der Waals surface area contributed by atoms with Crippen LogP contribution in [0.15, 0.2) is 52.1 Å². The van der Waals surface area contributed by atoms with Crippen LogP contribution in [0.1, 0.15) is 11.1 Å². The van der Waals surface area contributed by atoms with E-state index in [4.69, 9.17) is 9.47 Å². The van der Waals surface area contributed by atoms with E-state index in [1.165, 1.54) is 10.4 Å². The molecule has 1 aromatic heterocycles. The molecule has 0 saturated carbocycles. The summed E-state index contributed by atoms with van der Waals surface area (Å²) in [5, 5.41) is 3.84. The van der Waals surface area contributed by atoms with Crippen molar-refractivity contribution in [2.45, 2.75) is 11.5 Å². The lowest BCUT2D eigenvalue weighted by atomic mass is 10.2. The molecule has 138 valence electrons. The topological polar surface area (TPSA) is 72.9 Å². The number of carbonyl (C=O) groups excluding carboxylic acids is 1. The molecule has 2 heterocycles. The molecule has 1 aliphatic heterocycles. The highest BCUT2D eigenvalue weighted by Crippen LogP contribution is 2.19. The van der Waals surface area contributed by atoms with Gasteiger partial charge in [0.25, 0.3) is 0 Å². The lowest BCUT2D eigenvalue weighted by Gasteiger charge is -2.26. The Balaban J connectivity index is 1.63. The predicted molar refractivity (Wildman–Crippen MR) is 99.2 cm³/mol. The van der Waals surface area contributed by atoms with Gasteiger partial charge in [0.2, 0.25) is 10.0 Å². The lowest BCUT2D eigenvalue weighted by molar-refractivity contribution is -0.138. The Bertz CT molecular complexity index is 869. The summed E-state index contributed by atoms with van der Waals surface area (Å²) in [5.74, 6) is -0.474. The average molecular weight is 393 g/mol. The van der Waals surface area contributed by atoms with Gasteiger partial charge < -0.3 is 9.47 Å². The Morgan fingerprint density at radius 3 is 2.81 bits per heavy atom. The summed E-state index contributed by atoms with van der Waals surface area (Å²) in [7, 11) is -3.56. The summed E-state index contributed by atoms with van der Waals surface area (Å²) < 4.78 is 37.1. The summed E-state index contributed by atoms with van der Waals surface area (Å²) in [6.07, 6.45) is 3.04. The third-order valence-corrected chi connectivity index (χ3v) is 6.44. The predicted octanol–water partition coefficient (Wildman–Crippen LogP) is 2.53. The first kappa shape index (κ1) is 18.8. The zero-order valence-electron chi connectivity index (χ0n) is 14.0. The highest BCUT2D eigenvalue weighted by molar-refractivity contribution is 7.89. The van der Waals surface area contributed by atoms with Crippen LogP contribution in [-0.4, -0.2) is 45.0 Å². The van der Waals surface area contributed by atoms with Gasteiger partial charge in [-0.05, 0) is 46.2 Å². The molecule has 1 aliphatic rings. The van der Waals surface area contributed by atoms with Crippen LogP contribution in [0.25, 0.3) is 6.08 Å². The summed E-state index contributed by atoms with van der Waals surface area (Å²) >= 11 is 1.54. The summed E-state index contributed by atoms with van der Waals surface area (Å²) in [4.78, 5) is 12.0. The summed E-state index contributed by atoms with van der Waals surface area (Å²) in [6.45, 7) is 1.49. The monoisotopic (exact) mass is 393 g/mol. The van der Waals surface area contributed by atoms with Crippen LogP contribution in [0.3, 0.4) is 0 Å². The van der Waals surface area contributed by atoms with Crippen LogP contribution in [0, 0.1) is 0 Å². The number of carbonyl (C=O) groups is 1. The Morgan fingerprint density at radius 1 is 1.27 bits per heavy atom. The molecule has 8 heteroatoms. The molecule has 2 aromatic rings. The zero-order chi connectivity index (χ0) is 18.4. The normalized spacial score (nSPS) is 16.0. The molecule has 3 rings (SSSR count). The number of esters is 1. The molecule has 0 bridgehead atoms. The number of morpholine rings is 1. The molecule has 0 aliphatic carbocycles. The van der Waals surface area contributed by atoms with Crippen LogP contribution in [0.5, 0.6) is 0 Å². The number of rotatable bonds is 6. The van der Waals surface area contributed by atoms with Crippen molar-refractivity contribution in [2.75, 3.05) is 26.3 Å². The van der Waals surface area contributed by atoms with Gasteiger partial charge in [0.15, 0.2) is 0 Å². The fraction of sp³-hybridized carbons (Fsp3) is 0.278. The number of sulfonamides is 1. The van der Waals surface area contributed by atoms with Gasteiger partial charge in [-0.3, -0.25) is 0 Å². The molecule has 1 saturated heterocycles. The Labute approximate surface area is 156 Å². The zero-order valence-corrected chi connectivity index (χ0v) is 15.7. The Hall–Kier alpha value is -2.00. The SMILES string of the molecule is O=C(/C=C/c1ccsc1)OCc1cccc(S(=O)(=O)N2CCOCC2)c1. The highest BCUT2D eigenvalue weighted by Gasteiger charge is 2.26. The highest BCUT2D eigenvalue weighted by atomic mass is 32.2. The van der Waals surface area contributed by atoms with Crippen molar-refractivity contribution in [1.29, 1.82) is 0 Å². The van der Waals surface area contributed by atoms with Gasteiger partial charge >= 0.3 is 5.97 Å². The lowest BCUT2D eigenvalue weighted by Crippen LogP contribution is -2.40. The van der Waals surface area contributed by atoms with Crippen LogP contribution >= 0.6 is 11.3 Å². The number of benzene rings is 1. The molecule has 1 aromatic carbocycles. The van der Waals surface area contributed by atoms with Crippen molar-refractivity contribution in [3.05, 3.63) is 58.3 Å². The van der Waals surface area contributed by atoms with E-state index in [2.05, 4.69) is 0 Å². The Morgan fingerprint density at radius 2 is 2.08 bits per heavy atom. The van der Waals surface area contributed by atoms with Crippen molar-refractivity contribution in [2.24, 2.45) is 0 Å². The van der Waals surface area contributed by atoms with Gasteiger partial charge in [-0.1, -0.05) is 12.1 Å². The second kappa shape index (κ2) is 8.59. The molecule has 0 N–H and O–H groups in total. The summed E-state index contributed by atoms with van der Waals surface area (Å²) in [5.41, 5.74) is 1.56.